The largest absolute Gasteiger partial charge is 0.339 e. The van der Waals surface area contributed by atoms with Crippen LogP contribution in [0, 0.1) is 5.92 Å². The maximum atomic E-state index is 5.62. The number of hydrogen-bond donors (Lipinski definition) is 1. The van der Waals surface area contributed by atoms with Gasteiger partial charge in [0.1, 0.15) is 0 Å². The Morgan fingerprint density at radius 2 is 2.14 bits per heavy atom. The van der Waals surface area contributed by atoms with Gasteiger partial charge in [0.15, 0.2) is 5.82 Å². The normalized spacial score (nSPS) is 27.3. The maximum Gasteiger partial charge on any atom is 0.234 e. The van der Waals surface area contributed by atoms with Crippen LogP contribution in [-0.2, 0) is 11.8 Å². The maximum absolute atomic E-state index is 5.62. The molecular formula is C16H20ClN3O. The lowest BCUT2D eigenvalue weighted by Crippen LogP contribution is -2.31. The summed E-state index contributed by atoms with van der Waals surface area (Å²) in [7, 11) is 0. The number of nitrogens with one attached hydrogen (secondary N) is 1. The van der Waals surface area contributed by atoms with Gasteiger partial charge in [-0.3, -0.25) is 0 Å². The second kappa shape index (κ2) is 5.78. The van der Waals surface area contributed by atoms with E-state index in [9.17, 15) is 0 Å². The van der Waals surface area contributed by atoms with Crippen molar-refractivity contribution >= 4 is 12.4 Å². The molecule has 0 unspecified atom stereocenters. The molecule has 4 nitrogen and oxygen atoms in total. The SMILES string of the molecule is Cl.c1ccc(Cc2noc([C@]34CCC[C@H]3CNC4)n2)cc1. The molecule has 1 aliphatic carbocycles. The number of fused-ring (bicyclic) bond motifs is 1. The fourth-order valence-electron chi connectivity index (χ4n) is 3.81. The van der Waals surface area contributed by atoms with Crippen molar-refractivity contribution in [2.45, 2.75) is 31.1 Å². The van der Waals surface area contributed by atoms with Crippen LogP contribution in [0.2, 0.25) is 0 Å². The third kappa shape index (κ3) is 2.47. The van der Waals surface area contributed by atoms with E-state index in [1.165, 1.54) is 24.8 Å². The Kier molecular flexibility index (Phi) is 4.00. The van der Waals surface area contributed by atoms with Crippen LogP contribution in [0.5, 0.6) is 0 Å². The number of rotatable bonds is 3. The van der Waals surface area contributed by atoms with Gasteiger partial charge in [-0.25, -0.2) is 0 Å². The van der Waals surface area contributed by atoms with Crippen molar-refractivity contribution in [3.63, 3.8) is 0 Å². The van der Waals surface area contributed by atoms with E-state index in [1.54, 1.807) is 0 Å². The van der Waals surface area contributed by atoms with Gasteiger partial charge >= 0.3 is 0 Å². The van der Waals surface area contributed by atoms with Gasteiger partial charge in [0.05, 0.1) is 5.41 Å². The summed E-state index contributed by atoms with van der Waals surface area (Å²) in [6.07, 6.45) is 4.49. The van der Waals surface area contributed by atoms with Crippen LogP contribution in [0.1, 0.15) is 36.5 Å². The molecule has 0 spiro atoms. The zero-order valence-corrected chi connectivity index (χ0v) is 12.7. The molecule has 1 N–H and O–H groups in total. The molecule has 1 aromatic heterocycles. The number of halogens is 1. The van der Waals surface area contributed by atoms with Crippen LogP contribution < -0.4 is 5.32 Å². The van der Waals surface area contributed by atoms with Gasteiger partial charge in [-0.1, -0.05) is 41.9 Å². The second-order valence-corrected chi connectivity index (χ2v) is 6.05. The van der Waals surface area contributed by atoms with E-state index < -0.39 is 0 Å². The Morgan fingerprint density at radius 3 is 3.00 bits per heavy atom. The van der Waals surface area contributed by atoms with E-state index >= 15 is 0 Å². The van der Waals surface area contributed by atoms with Gasteiger partial charge < -0.3 is 9.84 Å². The number of nitrogens with zero attached hydrogens (tertiary/aromatic N) is 2. The fourth-order valence-corrected chi connectivity index (χ4v) is 3.81. The summed E-state index contributed by atoms with van der Waals surface area (Å²) in [6, 6.07) is 10.3. The van der Waals surface area contributed by atoms with E-state index in [4.69, 9.17) is 9.51 Å². The number of benzene rings is 1. The smallest absolute Gasteiger partial charge is 0.234 e. The Hall–Kier alpha value is -1.39. The van der Waals surface area contributed by atoms with Gasteiger partial charge in [0, 0.05) is 13.0 Å². The summed E-state index contributed by atoms with van der Waals surface area (Å²) in [5.74, 6) is 2.33. The quantitative estimate of drug-likeness (QED) is 0.947. The molecule has 1 saturated carbocycles. The molecule has 4 rings (SSSR count). The van der Waals surface area contributed by atoms with Crippen molar-refractivity contribution in [2.75, 3.05) is 13.1 Å². The average molecular weight is 306 g/mol. The van der Waals surface area contributed by atoms with Crippen molar-refractivity contribution in [3.05, 3.63) is 47.6 Å². The highest BCUT2D eigenvalue weighted by Crippen LogP contribution is 2.47. The predicted octanol–water partition coefficient (Wildman–Crippen LogP) is 2.72. The van der Waals surface area contributed by atoms with E-state index in [0.717, 1.165) is 31.2 Å². The third-order valence-corrected chi connectivity index (χ3v) is 4.89. The van der Waals surface area contributed by atoms with Crippen molar-refractivity contribution in [1.82, 2.24) is 15.5 Å². The van der Waals surface area contributed by atoms with Gasteiger partial charge in [-0.15, -0.1) is 12.4 Å². The summed E-state index contributed by atoms with van der Waals surface area (Å²) in [5, 5.41) is 7.69. The minimum atomic E-state index is 0. The van der Waals surface area contributed by atoms with Crippen LogP contribution in [0.25, 0.3) is 0 Å². The van der Waals surface area contributed by atoms with Crippen LogP contribution >= 0.6 is 12.4 Å². The molecule has 1 aliphatic heterocycles. The van der Waals surface area contributed by atoms with Crippen molar-refractivity contribution in [3.8, 4) is 0 Å². The zero-order valence-electron chi connectivity index (χ0n) is 11.9. The molecule has 5 heteroatoms. The Bertz CT molecular complexity index is 589. The molecule has 21 heavy (non-hydrogen) atoms. The van der Waals surface area contributed by atoms with E-state index in [-0.39, 0.29) is 17.8 Å². The Labute approximate surface area is 130 Å². The molecular weight excluding hydrogens is 286 g/mol. The first-order chi connectivity index (χ1) is 9.87. The first kappa shape index (κ1) is 14.5. The van der Waals surface area contributed by atoms with E-state index in [2.05, 4.69) is 22.6 Å². The van der Waals surface area contributed by atoms with Crippen LogP contribution in [0.15, 0.2) is 34.9 Å². The first-order valence-corrected chi connectivity index (χ1v) is 7.44. The molecule has 2 atom stereocenters. The highest BCUT2D eigenvalue weighted by molar-refractivity contribution is 5.85. The van der Waals surface area contributed by atoms with E-state index in [0.29, 0.717) is 5.92 Å². The lowest BCUT2D eigenvalue weighted by atomic mass is 9.80. The molecule has 1 saturated heterocycles. The third-order valence-electron chi connectivity index (χ3n) is 4.89. The lowest BCUT2D eigenvalue weighted by Gasteiger charge is -2.22. The van der Waals surface area contributed by atoms with Gasteiger partial charge in [0.25, 0.3) is 0 Å². The predicted molar refractivity (Wildman–Crippen MR) is 82.7 cm³/mol. The summed E-state index contributed by atoms with van der Waals surface area (Å²) < 4.78 is 5.62. The molecule has 2 heterocycles. The topological polar surface area (TPSA) is 51.0 Å². The molecule has 0 radical (unpaired) electrons. The van der Waals surface area contributed by atoms with E-state index in [1.807, 2.05) is 18.2 Å². The minimum Gasteiger partial charge on any atom is -0.339 e. The van der Waals surface area contributed by atoms with Crippen molar-refractivity contribution in [1.29, 1.82) is 0 Å². The molecule has 2 aliphatic rings. The van der Waals surface area contributed by atoms with Crippen molar-refractivity contribution < 1.29 is 4.52 Å². The number of hydrogen-bond acceptors (Lipinski definition) is 4. The van der Waals surface area contributed by atoms with Crippen LogP contribution in [0.3, 0.4) is 0 Å². The zero-order chi connectivity index (χ0) is 13.4. The van der Waals surface area contributed by atoms with Gasteiger partial charge in [0.2, 0.25) is 5.89 Å². The molecule has 2 fully saturated rings. The van der Waals surface area contributed by atoms with Gasteiger partial charge in [-0.2, -0.15) is 4.98 Å². The Balaban J connectivity index is 0.00000132. The monoisotopic (exact) mass is 305 g/mol. The summed E-state index contributed by atoms with van der Waals surface area (Å²) in [4.78, 5) is 4.70. The molecule has 1 aromatic carbocycles. The molecule has 0 bridgehead atoms. The lowest BCUT2D eigenvalue weighted by molar-refractivity contribution is 0.264. The first-order valence-electron chi connectivity index (χ1n) is 7.44. The molecule has 112 valence electrons. The highest BCUT2D eigenvalue weighted by atomic mass is 35.5. The molecule has 2 aromatic rings. The summed E-state index contributed by atoms with van der Waals surface area (Å²) in [6.45, 7) is 2.08. The highest BCUT2D eigenvalue weighted by Gasteiger charge is 2.51. The fraction of sp³-hybridized carbons (Fsp3) is 0.500. The second-order valence-electron chi connectivity index (χ2n) is 6.05. The minimum absolute atomic E-state index is 0. The average Bonchev–Trinajstić information content (AvgIpc) is 3.13. The summed E-state index contributed by atoms with van der Waals surface area (Å²) >= 11 is 0. The van der Waals surface area contributed by atoms with Crippen LogP contribution in [0.4, 0.5) is 0 Å². The number of aromatic nitrogens is 2. The van der Waals surface area contributed by atoms with Gasteiger partial charge in [-0.05, 0) is 30.9 Å². The standard InChI is InChI=1S/C16H19N3O.ClH/c1-2-5-12(6-3-1)9-14-18-15(20-19-14)16-8-4-7-13(16)10-17-11-16;/h1-3,5-6,13,17H,4,7-11H2;1H/t13-,16-;/m0./s1. The summed E-state index contributed by atoms with van der Waals surface area (Å²) in [5.41, 5.74) is 1.34. The van der Waals surface area contributed by atoms with Crippen LogP contribution in [-0.4, -0.2) is 23.2 Å². The molecule has 0 amide bonds. The van der Waals surface area contributed by atoms with Crippen molar-refractivity contribution in [2.24, 2.45) is 5.92 Å². The Morgan fingerprint density at radius 1 is 1.29 bits per heavy atom.